The largest absolute Gasteiger partial charge is 0.755 e. The minimum Gasteiger partial charge on any atom is -0.755 e. The Bertz CT molecular complexity index is 1910. The van der Waals surface area contributed by atoms with Gasteiger partial charge in [0.25, 0.3) is 5.91 Å². The van der Waals surface area contributed by atoms with E-state index in [2.05, 4.69) is 31.6 Å². The summed E-state index contributed by atoms with van der Waals surface area (Å²) in [5, 5.41) is 1.06. The quantitative estimate of drug-likeness (QED) is 0.270. The number of fused-ring (bicyclic) bond motifs is 7. The summed E-state index contributed by atoms with van der Waals surface area (Å²) < 4.78 is 32.7. The highest BCUT2D eigenvalue weighted by Crippen LogP contribution is 2.66. The predicted octanol–water partition coefficient (Wildman–Crippen LogP) is 5.40. The molecule has 3 unspecified atom stereocenters. The molecule has 0 radical (unpaired) electrons. The maximum absolute atomic E-state index is 14.7. The number of anilines is 1. The van der Waals surface area contributed by atoms with Crippen LogP contribution in [0.1, 0.15) is 80.7 Å². The Morgan fingerprint density at radius 1 is 1.06 bits per heavy atom. The molecule has 254 valence electrons. The lowest BCUT2D eigenvalue weighted by Crippen LogP contribution is -2.51. The number of piperazine rings is 1. The Morgan fingerprint density at radius 3 is 2.56 bits per heavy atom. The smallest absolute Gasteiger partial charge is 0.262 e. The molecule has 1 N–H and O–H groups in total. The van der Waals surface area contributed by atoms with Crippen LogP contribution in [0.4, 0.5) is 5.82 Å². The highest BCUT2D eigenvalue weighted by molar-refractivity contribution is 7.77. The van der Waals surface area contributed by atoms with Crippen molar-refractivity contribution in [3.8, 4) is 17.0 Å². The van der Waals surface area contributed by atoms with Crippen molar-refractivity contribution in [3.05, 3.63) is 71.7 Å². The number of carbonyl (C=O) groups excluding carboxylic acids is 2. The zero-order valence-electron chi connectivity index (χ0n) is 26.3. The average molecular weight is 672 g/mol. The standard InChI is InChI=1S/C35H38N6O5S.CH4.H2/c1-46-24-8-10-25-27(18-24)28-19-35(28,34(43)40-15-13-39(14-16-40)30-20-36-11-12-37-30)21-41-29-17-23(33(42)38-47(44)45)7-9-26(29)31(32(25)41)22-5-3-2-4-6-22;;/h7-12,17-18,20,22,28H,2-6,13-16,19,21H2,1H3,(H,38,42)(H,44,45);1H4;1H/p-1. The summed E-state index contributed by atoms with van der Waals surface area (Å²) in [6.07, 6.45) is 11.5. The number of carbonyl (C=O) groups is 2. The van der Waals surface area contributed by atoms with Gasteiger partial charge in [-0.25, -0.2) is 4.98 Å². The molecule has 2 aromatic heterocycles. The van der Waals surface area contributed by atoms with E-state index in [4.69, 9.17) is 4.74 Å². The summed E-state index contributed by atoms with van der Waals surface area (Å²) in [7, 11) is 1.67. The van der Waals surface area contributed by atoms with Crippen molar-refractivity contribution in [1.82, 2.24) is 24.2 Å². The molecule has 48 heavy (non-hydrogen) atoms. The lowest BCUT2D eigenvalue weighted by atomic mass is 9.81. The molecule has 2 aromatic carbocycles. The molecule has 0 spiro atoms. The van der Waals surface area contributed by atoms with Crippen LogP contribution in [0.5, 0.6) is 5.75 Å². The monoisotopic (exact) mass is 671 g/mol. The summed E-state index contributed by atoms with van der Waals surface area (Å²) in [4.78, 5) is 40.5. The fraction of sp³-hybridized carbons (Fsp3) is 0.444. The van der Waals surface area contributed by atoms with Crippen LogP contribution in [0.2, 0.25) is 0 Å². The number of benzene rings is 2. The number of nitrogens with zero attached hydrogens (tertiary/aromatic N) is 5. The van der Waals surface area contributed by atoms with Crippen LogP contribution >= 0.6 is 0 Å². The minimum atomic E-state index is -2.73. The first-order valence-electron chi connectivity index (χ1n) is 16.4. The summed E-state index contributed by atoms with van der Waals surface area (Å²) in [6, 6.07) is 11.7. The molecule has 3 fully saturated rings. The zero-order valence-corrected chi connectivity index (χ0v) is 27.1. The third-order valence-electron chi connectivity index (χ3n) is 10.8. The van der Waals surface area contributed by atoms with Crippen LogP contribution in [0.15, 0.2) is 55.0 Å². The van der Waals surface area contributed by atoms with Gasteiger partial charge in [-0.1, -0.05) is 32.8 Å². The van der Waals surface area contributed by atoms with Gasteiger partial charge in [-0.15, -0.1) is 0 Å². The van der Waals surface area contributed by atoms with Crippen LogP contribution in [0.25, 0.3) is 22.2 Å². The van der Waals surface area contributed by atoms with Gasteiger partial charge in [0.15, 0.2) is 0 Å². The van der Waals surface area contributed by atoms with E-state index in [1.807, 2.05) is 21.8 Å². The normalized spacial score (nSPS) is 22.4. The average Bonchev–Trinajstić information content (AvgIpc) is 3.78. The molecule has 2 aliphatic heterocycles. The molecule has 12 heteroatoms. The molecule has 11 nitrogen and oxygen atoms in total. The van der Waals surface area contributed by atoms with Crippen LogP contribution < -0.4 is 14.4 Å². The van der Waals surface area contributed by atoms with Crippen molar-refractivity contribution in [3.63, 3.8) is 0 Å². The molecule has 4 heterocycles. The highest BCUT2D eigenvalue weighted by atomic mass is 32.2. The summed E-state index contributed by atoms with van der Waals surface area (Å²) in [5.41, 5.74) is 5.11. The Morgan fingerprint density at radius 2 is 1.85 bits per heavy atom. The Hall–Kier alpha value is -4.29. The number of nitrogens with one attached hydrogen (secondary N) is 1. The van der Waals surface area contributed by atoms with Gasteiger partial charge in [-0.2, -0.15) is 0 Å². The van der Waals surface area contributed by atoms with E-state index in [0.29, 0.717) is 38.6 Å². The van der Waals surface area contributed by atoms with E-state index in [0.717, 1.165) is 71.4 Å². The number of methoxy groups -OCH3 is 1. The van der Waals surface area contributed by atoms with Gasteiger partial charge in [-0.05, 0) is 66.6 Å². The van der Waals surface area contributed by atoms with Crippen molar-refractivity contribution in [2.45, 2.75) is 64.3 Å². The van der Waals surface area contributed by atoms with E-state index in [1.54, 1.807) is 37.8 Å². The van der Waals surface area contributed by atoms with Crippen molar-refractivity contribution in [1.29, 1.82) is 0 Å². The number of hydrogen-bond donors (Lipinski definition) is 1. The molecule has 2 saturated carbocycles. The van der Waals surface area contributed by atoms with Crippen LogP contribution in [-0.4, -0.2) is 73.3 Å². The summed E-state index contributed by atoms with van der Waals surface area (Å²) >= 11 is -2.73. The lowest BCUT2D eigenvalue weighted by Gasteiger charge is -2.37. The number of rotatable bonds is 6. The lowest BCUT2D eigenvalue weighted by molar-refractivity contribution is -0.138. The van der Waals surface area contributed by atoms with E-state index in [9.17, 15) is 18.4 Å². The highest BCUT2D eigenvalue weighted by Gasteiger charge is 2.64. The van der Waals surface area contributed by atoms with Crippen molar-refractivity contribution < 1.29 is 24.5 Å². The van der Waals surface area contributed by atoms with E-state index < -0.39 is 22.6 Å². The van der Waals surface area contributed by atoms with Gasteiger partial charge in [0.2, 0.25) is 5.91 Å². The maximum atomic E-state index is 14.7. The van der Waals surface area contributed by atoms with E-state index in [-0.39, 0.29) is 26.2 Å². The van der Waals surface area contributed by atoms with Crippen LogP contribution in [0.3, 0.4) is 0 Å². The van der Waals surface area contributed by atoms with E-state index >= 15 is 0 Å². The van der Waals surface area contributed by atoms with Gasteiger partial charge in [0.05, 0.1) is 24.4 Å². The van der Waals surface area contributed by atoms with Crippen molar-refractivity contribution in [2.75, 3.05) is 38.2 Å². The number of ether oxygens (including phenoxy) is 1. The molecule has 1 saturated heterocycles. The number of hydrogen-bond acceptors (Lipinski definition) is 8. The molecule has 4 aromatic rings. The van der Waals surface area contributed by atoms with Gasteiger partial charge in [0, 0.05) is 85.8 Å². The molecule has 4 aliphatic rings. The number of amides is 2. The third kappa shape index (κ3) is 5.35. The second-order valence-corrected chi connectivity index (χ2v) is 14.0. The van der Waals surface area contributed by atoms with Crippen LogP contribution in [0, 0.1) is 5.41 Å². The fourth-order valence-corrected chi connectivity index (χ4v) is 8.73. The molecule has 0 bridgehead atoms. The molecule has 2 amide bonds. The van der Waals surface area contributed by atoms with Gasteiger partial charge in [0.1, 0.15) is 11.6 Å². The number of aromatic nitrogens is 3. The predicted molar refractivity (Wildman–Crippen MR) is 186 cm³/mol. The second-order valence-electron chi connectivity index (χ2n) is 13.3. The topological polar surface area (TPSA) is 133 Å². The van der Waals surface area contributed by atoms with Gasteiger partial charge in [-0.3, -0.25) is 23.5 Å². The second kappa shape index (κ2) is 12.6. The SMILES string of the molecule is C.COc1ccc2c(c1)C1CC1(C(=O)N1CCN(c3cnccn3)CC1)Cn1c-2c(C2CCCCC2)c2ccc(C(=O)NS(=O)[O-])cc21.[HH]. The maximum Gasteiger partial charge on any atom is 0.262 e. The van der Waals surface area contributed by atoms with Gasteiger partial charge < -0.3 is 23.7 Å². The minimum absolute atomic E-state index is 0. The first-order chi connectivity index (χ1) is 22.9. The summed E-state index contributed by atoms with van der Waals surface area (Å²) in [5.74, 6) is 1.44. The molecule has 2 aliphatic carbocycles. The van der Waals surface area contributed by atoms with E-state index in [1.165, 1.54) is 12.0 Å². The Labute approximate surface area is 284 Å². The molecular weight excluding hydrogens is 629 g/mol. The Balaban J connectivity index is 0.00000208. The fourth-order valence-electron chi connectivity index (χ4n) is 8.46. The first kappa shape index (κ1) is 32.3. The first-order valence-corrected chi connectivity index (χ1v) is 17.5. The zero-order chi connectivity index (χ0) is 32.3. The van der Waals surface area contributed by atoms with Crippen molar-refractivity contribution >= 4 is 39.8 Å². The van der Waals surface area contributed by atoms with Gasteiger partial charge >= 0.3 is 0 Å². The summed E-state index contributed by atoms with van der Waals surface area (Å²) in [6.45, 7) is 3.03. The van der Waals surface area contributed by atoms with Crippen molar-refractivity contribution in [2.24, 2.45) is 5.41 Å². The third-order valence-corrected chi connectivity index (χ3v) is 11.2. The molecular formula is C36H43N6O5S-. The van der Waals surface area contributed by atoms with Crippen LogP contribution in [-0.2, 0) is 22.6 Å². The molecule has 8 rings (SSSR count). The Kier molecular flexibility index (Phi) is 8.49. The molecule has 3 atom stereocenters.